The van der Waals surface area contributed by atoms with Crippen LogP contribution < -0.4 is 4.57 Å². The van der Waals surface area contributed by atoms with Crippen LogP contribution in [-0.2, 0) is 12.5 Å². The van der Waals surface area contributed by atoms with Crippen LogP contribution in [0.15, 0.2) is 36.5 Å². The Morgan fingerprint density at radius 2 is 1.69 bits per heavy atom. The summed E-state index contributed by atoms with van der Waals surface area (Å²) in [5.74, 6) is 0.766. The summed E-state index contributed by atoms with van der Waals surface area (Å²) in [5, 5.41) is 0. The van der Waals surface area contributed by atoms with Crippen LogP contribution in [-0.4, -0.2) is 0 Å². The summed E-state index contributed by atoms with van der Waals surface area (Å²) >= 11 is 0. The molecule has 0 radical (unpaired) electrons. The first kappa shape index (κ1) is 19.1. The van der Waals surface area contributed by atoms with Crippen LogP contribution in [0.3, 0.4) is 0 Å². The molecule has 1 fully saturated rings. The topological polar surface area (TPSA) is 3.88 Å². The number of aromatic nitrogens is 1. The van der Waals surface area contributed by atoms with Crippen LogP contribution in [0.25, 0.3) is 11.3 Å². The van der Waals surface area contributed by atoms with Gasteiger partial charge in [-0.15, -0.1) is 0 Å². The molecule has 1 nitrogen and oxygen atoms in total. The molecule has 3 rings (SSSR count). The number of benzene rings is 1. The van der Waals surface area contributed by atoms with Gasteiger partial charge >= 0.3 is 0 Å². The molecule has 0 saturated heterocycles. The first-order valence-corrected chi connectivity index (χ1v) is 10.6. The van der Waals surface area contributed by atoms with E-state index in [9.17, 15) is 0 Å². The van der Waals surface area contributed by atoms with E-state index in [0.717, 1.165) is 5.92 Å². The van der Waals surface area contributed by atoms with E-state index in [4.69, 9.17) is 0 Å². The van der Waals surface area contributed by atoms with Crippen molar-refractivity contribution < 1.29 is 4.57 Å². The maximum Gasteiger partial charge on any atom is 0.212 e. The van der Waals surface area contributed by atoms with Crippen LogP contribution in [0.5, 0.6) is 0 Å². The Labute approximate surface area is 160 Å². The van der Waals surface area contributed by atoms with Gasteiger partial charge in [-0.1, -0.05) is 52.2 Å². The second-order valence-electron chi connectivity index (χ2n) is 8.59. The minimum atomic E-state index is 0.288. The van der Waals surface area contributed by atoms with Gasteiger partial charge < -0.3 is 0 Å². The summed E-state index contributed by atoms with van der Waals surface area (Å²) in [6, 6.07) is 11.8. The molecule has 2 aromatic rings. The molecule has 1 heterocycles. The van der Waals surface area contributed by atoms with Crippen molar-refractivity contribution in [3.63, 3.8) is 0 Å². The molecule has 140 valence electrons. The van der Waals surface area contributed by atoms with Gasteiger partial charge in [-0.25, -0.2) is 4.57 Å². The van der Waals surface area contributed by atoms with Gasteiger partial charge in [0.05, 0.1) is 0 Å². The number of nitrogens with zero attached hydrogens (tertiary/aromatic N) is 1. The van der Waals surface area contributed by atoms with Gasteiger partial charge in [0, 0.05) is 17.2 Å². The summed E-state index contributed by atoms with van der Waals surface area (Å²) in [4.78, 5) is 0. The van der Waals surface area contributed by atoms with Crippen LogP contribution in [0.4, 0.5) is 0 Å². The third-order valence-corrected chi connectivity index (χ3v) is 6.99. The van der Waals surface area contributed by atoms with Crippen LogP contribution in [0, 0.1) is 6.92 Å². The molecule has 1 aromatic heterocycles. The molecule has 0 bridgehead atoms. The normalized spacial score (nSPS) is 16.0. The van der Waals surface area contributed by atoms with Gasteiger partial charge in [0.15, 0.2) is 6.20 Å². The van der Waals surface area contributed by atoms with Crippen molar-refractivity contribution in [3.8, 4) is 11.3 Å². The molecular formula is C25H36N+. The molecule has 0 aliphatic heterocycles. The minimum Gasteiger partial charge on any atom is -0.201 e. The van der Waals surface area contributed by atoms with Gasteiger partial charge in [-0.3, -0.25) is 0 Å². The second kappa shape index (κ2) is 7.94. The number of pyridine rings is 1. The average Bonchev–Trinajstić information content (AvgIpc) is 2.68. The Morgan fingerprint density at radius 1 is 1.00 bits per heavy atom. The van der Waals surface area contributed by atoms with E-state index in [1.54, 1.807) is 0 Å². The maximum atomic E-state index is 2.41. The van der Waals surface area contributed by atoms with E-state index in [1.165, 1.54) is 72.9 Å². The molecule has 1 aromatic carbocycles. The monoisotopic (exact) mass is 350 g/mol. The Hall–Kier alpha value is -1.63. The summed E-state index contributed by atoms with van der Waals surface area (Å²) in [6.45, 7) is 9.26. The zero-order chi connectivity index (χ0) is 18.7. The third kappa shape index (κ3) is 3.72. The van der Waals surface area contributed by atoms with Gasteiger partial charge in [-0.05, 0) is 67.2 Å². The van der Waals surface area contributed by atoms with Crippen LogP contribution in [0.2, 0.25) is 0 Å². The zero-order valence-electron chi connectivity index (χ0n) is 17.4. The molecule has 1 aliphatic carbocycles. The highest BCUT2D eigenvalue weighted by Crippen LogP contribution is 2.35. The number of rotatable bonds is 5. The summed E-state index contributed by atoms with van der Waals surface area (Å²) in [5.41, 5.74) is 7.36. The average molecular weight is 351 g/mol. The minimum absolute atomic E-state index is 0.288. The quantitative estimate of drug-likeness (QED) is 0.534. The molecular weight excluding hydrogens is 314 g/mol. The fraction of sp³-hybridized carbons (Fsp3) is 0.560. The fourth-order valence-corrected chi connectivity index (χ4v) is 4.57. The van der Waals surface area contributed by atoms with Crippen LogP contribution in [0.1, 0.15) is 88.3 Å². The molecule has 0 amide bonds. The largest absolute Gasteiger partial charge is 0.212 e. The summed E-state index contributed by atoms with van der Waals surface area (Å²) < 4.78 is 2.34. The van der Waals surface area contributed by atoms with Crippen molar-refractivity contribution in [2.24, 2.45) is 7.05 Å². The molecule has 26 heavy (non-hydrogen) atoms. The van der Waals surface area contributed by atoms with Crippen molar-refractivity contribution in [2.45, 2.75) is 84.0 Å². The SMILES string of the molecule is CCC(C)(CC)c1ccc(-c2ccc(C3CCCCC3)c[n+]2C)c(C)c1. The standard InChI is InChI=1S/C25H36N/c1-6-25(4,7-2)22-14-15-23(19(3)17-22)24-16-13-21(18-26(24)5)20-11-9-8-10-12-20/h13-18,20H,6-12H2,1-5H3/q+1. The van der Waals surface area contributed by atoms with E-state index in [0.29, 0.717) is 0 Å². The highest BCUT2D eigenvalue weighted by atomic mass is 14.9. The van der Waals surface area contributed by atoms with Crippen LogP contribution >= 0.6 is 0 Å². The molecule has 0 spiro atoms. The van der Waals surface area contributed by atoms with Gasteiger partial charge in [0.2, 0.25) is 5.69 Å². The lowest BCUT2D eigenvalue weighted by atomic mass is 9.77. The molecule has 1 aliphatic rings. The highest BCUT2D eigenvalue weighted by molar-refractivity contribution is 5.62. The lowest BCUT2D eigenvalue weighted by Gasteiger charge is -2.28. The Morgan fingerprint density at radius 3 is 2.27 bits per heavy atom. The highest BCUT2D eigenvalue weighted by Gasteiger charge is 2.24. The van der Waals surface area contributed by atoms with Crippen molar-refractivity contribution in [3.05, 3.63) is 53.2 Å². The zero-order valence-corrected chi connectivity index (χ0v) is 17.4. The predicted molar refractivity (Wildman–Crippen MR) is 112 cm³/mol. The second-order valence-corrected chi connectivity index (χ2v) is 8.59. The van der Waals surface area contributed by atoms with Crippen molar-refractivity contribution in [1.82, 2.24) is 0 Å². The Bertz CT molecular complexity index is 749. The Balaban J connectivity index is 1.91. The van der Waals surface area contributed by atoms with Crippen molar-refractivity contribution in [2.75, 3.05) is 0 Å². The number of hydrogen-bond acceptors (Lipinski definition) is 0. The predicted octanol–water partition coefficient (Wildman–Crippen LogP) is 6.61. The number of hydrogen-bond donors (Lipinski definition) is 0. The first-order valence-electron chi connectivity index (χ1n) is 10.6. The molecule has 0 unspecified atom stereocenters. The molecule has 1 saturated carbocycles. The lowest BCUT2D eigenvalue weighted by molar-refractivity contribution is -0.660. The molecule has 0 atom stereocenters. The Kier molecular flexibility index (Phi) is 5.85. The van der Waals surface area contributed by atoms with Crippen molar-refractivity contribution in [1.29, 1.82) is 0 Å². The van der Waals surface area contributed by atoms with Crippen molar-refractivity contribution >= 4 is 0 Å². The van der Waals surface area contributed by atoms with E-state index in [2.05, 4.69) is 75.8 Å². The van der Waals surface area contributed by atoms with E-state index < -0.39 is 0 Å². The molecule has 0 N–H and O–H groups in total. The number of aryl methyl sites for hydroxylation is 2. The third-order valence-electron chi connectivity index (χ3n) is 6.99. The maximum absolute atomic E-state index is 2.41. The van der Waals surface area contributed by atoms with E-state index in [1.807, 2.05) is 0 Å². The van der Waals surface area contributed by atoms with Gasteiger partial charge in [-0.2, -0.15) is 0 Å². The molecule has 1 heteroatoms. The summed E-state index contributed by atoms with van der Waals surface area (Å²) in [6.07, 6.45) is 11.7. The first-order chi connectivity index (χ1) is 12.5. The summed E-state index contributed by atoms with van der Waals surface area (Å²) in [7, 11) is 2.21. The lowest BCUT2D eigenvalue weighted by Crippen LogP contribution is -2.32. The van der Waals surface area contributed by atoms with Gasteiger partial charge in [0.25, 0.3) is 0 Å². The fourth-order valence-electron chi connectivity index (χ4n) is 4.57. The smallest absolute Gasteiger partial charge is 0.201 e. The van der Waals surface area contributed by atoms with E-state index in [-0.39, 0.29) is 5.41 Å². The van der Waals surface area contributed by atoms with E-state index >= 15 is 0 Å². The van der Waals surface area contributed by atoms with Gasteiger partial charge in [0.1, 0.15) is 7.05 Å².